The first-order valence-corrected chi connectivity index (χ1v) is 14.0. The van der Waals surface area contributed by atoms with Gasteiger partial charge in [0, 0.05) is 32.6 Å². The molecule has 0 saturated heterocycles. The molecule has 0 spiro atoms. The zero-order valence-corrected chi connectivity index (χ0v) is 25.5. The Hall–Kier alpha value is -2.36. The van der Waals surface area contributed by atoms with Crippen LogP contribution in [0.5, 0.6) is 11.5 Å². The van der Waals surface area contributed by atoms with Gasteiger partial charge in [0.15, 0.2) is 11.5 Å². The lowest BCUT2D eigenvalue weighted by atomic mass is 9.72. The summed E-state index contributed by atoms with van der Waals surface area (Å²) >= 11 is 0. The van der Waals surface area contributed by atoms with E-state index in [0.29, 0.717) is 49.0 Å². The number of amides is 2. The van der Waals surface area contributed by atoms with Crippen molar-refractivity contribution in [2.75, 3.05) is 34.0 Å². The molecule has 0 aromatic heterocycles. The Balaban J connectivity index is 3.36. The molecule has 0 bridgehead atoms. The van der Waals surface area contributed by atoms with E-state index >= 15 is 0 Å². The average molecular weight is 552 g/mol. The van der Waals surface area contributed by atoms with E-state index in [1.807, 2.05) is 26.0 Å². The topological polar surface area (TPSA) is 146 Å². The fourth-order valence-electron chi connectivity index (χ4n) is 4.34. The van der Waals surface area contributed by atoms with E-state index < -0.39 is 28.9 Å². The van der Waals surface area contributed by atoms with E-state index in [0.717, 1.165) is 0 Å². The minimum absolute atomic E-state index is 0.0707. The summed E-state index contributed by atoms with van der Waals surface area (Å²) in [5, 5.41) is 14.6. The van der Waals surface area contributed by atoms with Gasteiger partial charge in [-0.2, -0.15) is 0 Å². The molecule has 9 heteroatoms. The molecule has 1 aromatic rings. The highest BCUT2D eigenvalue weighted by molar-refractivity contribution is 5.83. The zero-order chi connectivity index (χ0) is 30.0. The van der Waals surface area contributed by atoms with Gasteiger partial charge in [-0.25, -0.2) is 0 Å². The highest BCUT2D eigenvalue weighted by atomic mass is 16.5. The fraction of sp³-hybridized carbons (Fsp3) is 0.733. The van der Waals surface area contributed by atoms with Crippen molar-refractivity contribution in [1.82, 2.24) is 5.32 Å². The van der Waals surface area contributed by atoms with Crippen LogP contribution in [0.15, 0.2) is 18.2 Å². The summed E-state index contributed by atoms with van der Waals surface area (Å²) < 4.78 is 16.6. The van der Waals surface area contributed by atoms with Gasteiger partial charge < -0.3 is 36.1 Å². The lowest BCUT2D eigenvalue weighted by molar-refractivity contribution is -0.130. The van der Waals surface area contributed by atoms with Gasteiger partial charge in [-0.3, -0.25) is 9.59 Å². The normalized spacial score (nSPS) is 15.9. The predicted octanol–water partition coefficient (Wildman–Crippen LogP) is 3.60. The summed E-state index contributed by atoms with van der Waals surface area (Å²) in [4.78, 5) is 25.0. The molecule has 0 aliphatic carbocycles. The largest absolute Gasteiger partial charge is 0.493 e. The maximum Gasteiger partial charge on any atom is 0.224 e. The molecule has 224 valence electrons. The SMILES string of the molecule is COCCCOc1cc([C@@](N)(C[C@H](C)C(C)C)[C@@H](O)C[C@H](C(=O)NCC(C)(C)C(N)=O)C(C)C)ccc1OC. The summed E-state index contributed by atoms with van der Waals surface area (Å²) in [5.74, 6) is 0.312. The van der Waals surface area contributed by atoms with Gasteiger partial charge in [0.25, 0.3) is 0 Å². The standard InChI is InChI=1S/C30H53N3O6/c1-19(2)21(5)17-30(32,22-11-12-24(38-9)25(15-22)39-14-10-13-37-8)26(34)16-23(20(3)4)27(35)33-18-29(6,7)28(31)36/h11-12,15,19-21,23,26,34H,10,13-14,16-18,32H2,1-9H3,(H2,31,36)(H,33,35)/t21-,23-,26-,30-/m0/s1. The van der Waals surface area contributed by atoms with E-state index in [-0.39, 0.29) is 30.7 Å². The Kier molecular flexibility index (Phi) is 13.7. The Labute approximate surface area is 235 Å². The van der Waals surface area contributed by atoms with Crippen LogP contribution in [0.3, 0.4) is 0 Å². The molecule has 1 aromatic carbocycles. The number of benzene rings is 1. The van der Waals surface area contributed by atoms with Gasteiger partial charge in [0.2, 0.25) is 11.8 Å². The number of primary amides is 1. The summed E-state index contributed by atoms with van der Waals surface area (Å²) in [7, 11) is 3.22. The van der Waals surface area contributed by atoms with Gasteiger partial charge in [0.1, 0.15) is 0 Å². The molecular formula is C30H53N3O6. The highest BCUT2D eigenvalue weighted by Gasteiger charge is 2.41. The van der Waals surface area contributed by atoms with Crippen LogP contribution >= 0.6 is 0 Å². The van der Waals surface area contributed by atoms with Gasteiger partial charge in [0.05, 0.1) is 30.8 Å². The minimum Gasteiger partial charge on any atom is -0.493 e. The number of aliphatic hydroxyl groups excluding tert-OH is 1. The van der Waals surface area contributed by atoms with Crippen molar-refractivity contribution < 1.29 is 28.9 Å². The van der Waals surface area contributed by atoms with Crippen molar-refractivity contribution in [1.29, 1.82) is 0 Å². The van der Waals surface area contributed by atoms with Crippen LogP contribution in [0, 0.1) is 29.1 Å². The maximum atomic E-state index is 13.2. The Morgan fingerprint density at radius 2 is 1.67 bits per heavy atom. The van der Waals surface area contributed by atoms with Crippen LogP contribution in [0.1, 0.15) is 73.3 Å². The molecule has 6 N–H and O–H groups in total. The maximum absolute atomic E-state index is 13.2. The smallest absolute Gasteiger partial charge is 0.224 e. The van der Waals surface area contributed by atoms with Crippen LogP contribution in [-0.4, -0.2) is 57.0 Å². The number of nitrogens with two attached hydrogens (primary N) is 2. The number of methoxy groups -OCH3 is 2. The first-order chi connectivity index (χ1) is 18.1. The van der Waals surface area contributed by atoms with E-state index in [1.165, 1.54) is 0 Å². The minimum atomic E-state index is -1.15. The molecule has 9 nitrogen and oxygen atoms in total. The Bertz CT molecular complexity index is 920. The van der Waals surface area contributed by atoms with Crippen molar-refractivity contribution in [3.8, 4) is 11.5 Å². The summed E-state index contributed by atoms with van der Waals surface area (Å²) in [6.45, 7) is 14.7. The second kappa shape index (κ2) is 15.4. The molecule has 39 heavy (non-hydrogen) atoms. The van der Waals surface area contributed by atoms with Crippen molar-refractivity contribution in [3.63, 3.8) is 0 Å². The predicted molar refractivity (Wildman–Crippen MR) is 154 cm³/mol. The van der Waals surface area contributed by atoms with Crippen molar-refractivity contribution in [2.24, 2.45) is 40.6 Å². The summed E-state index contributed by atoms with van der Waals surface area (Å²) in [6.07, 6.45) is 0.332. The van der Waals surface area contributed by atoms with Crippen molar-refractivity contribution in [2.45, 2.75) is 79.4 Å². The van der Waals surface area contributed by atoms with E-state index in [9.17, 15) is 14.7 Å². The van der Waals surface area contributed by atoms with Crippen molar-refractivity contribution in [3.05, 3.63) is 23.8 Å². The van der Waals surface area contributed by atoms with Crippen LogP contribution in [0.25, 0.3) is 0 Å². The lowest BCUT2D eigenvalue weighted by Gasteiger charge is -2.40. The quantitative estimate of drug-likeness (QED) is 0.204. The number of aliphatic hydroxyl groups is 1. The number of hydrogen-bond acceptors (Lipinski definition) is 7. The molecule has 4 atom stereocenters. The monoisotopic (exact) mass is 551 g/mol. The molecule has 0 heterocycles. The van der Waals surface area contributed by atoms with E-state index in [4.69, 9.17) is 25.7 Å². The number of nitrogens with one attached hydrogen (secondary N) is 1. The Morgan fingerprint density at radius 3 is 2.18 bits per heavy atom. The number of hydrogen-bond donors (Lipinski definition) is 4. The van der Waals surface area contributed by atoms with E-state index in [2.05, 4.69) is 26.1 Å². The van der Waals surface area contributed by atoms with Crippen LogP contribution in [0.2, 0.25) is 0 Å². The molecule has 0 aliphatic heterocycles. The number of carbonyl (C=O) groups is 2. The molecule has 1 rings (SSSR count). The lowest BCUT2D eigenvalue weighted by Crippen LogP contribution is -2.52. The molecular weight excluding hydrogens is 498 g/mol. The van der Waals surface area contributed by atoms with Crippen LogP contribution in [0.4, 0.5) is 0 Å². The molecule has 0 unspecified atom stereocenters. The highest BCUT2D eigenvalue weighted by Crippen LogP contribution is 2.39. The summed E-state index contributed by atoms with van der Waals surface area (Å²) in [6, 6.07) is 5.49. The molecule has 0 aliphatic rings. The van der Waals surface area contributed by atoms with Gasteiger partial charge in [-0.1, -0.05) is 40.7 Å². The molecule has 0 radical (unpaired) electrons. The van der Waals surface area contributed by atoms with Crippen LogP contribution < -0.4 is 26.3 Å². The average Bonchev–Trinajstić information content (AvgIpc) is 2.87. The first kappa shape index (κ1) is 34.7. The van der Waals surface area contributed by atoms with Crippen LogP contribution in [-0.2, 0) is 19.9 Å². The third-order valence-electron chi connectivity index (χ3n) is 7.83. The van der Waals surface area contributed by atoms with Crippen molar-refractivity contribution >= 4 is 11.8 Å². The third kappa shape index (κ3) is 9.96. The molecule has 2 amide bonds. The second-order valence-corrected chi connectivity index (χ2v) is 12.1. The second-order valence-electron chi connectivity index (χ2n) is 12.1. The number of ether oxygens (including phenoxy) is 3. The summed E-state index contributed by atoms with van der Waals surface area (Å²) in [5.41, 5.74) is 11.3. The first-order valence-electron chi connectivity index (χ1n) is 14.0. The van der Waals surface area contributed by atoms with Gasteiger partial charge in [-0.15, -0.1) is 0 Å². The number of rotatable bonds is 18. The molecule has 0 saturated carbocycles. The zero-order valence-electron chi connectivity index (χ0n) is 25.5. The Morgan fingerprint density at radius 1 is 1.03 bits per heavy atom. The van der Waals surface area contributed by atoms with E-state index in [1.54, 1.807) is 34.1 Å². The van der Waals surface area contributed by atoms with Gasteiger partial charge >= 0.3 is 0 Å². The fourth-order valence-corrected chi connectivity index (χ4v) is 4.34. The molecule has 0 fully saturated rings. The van der Waals surface area contributed by atoms with Gasteiger partial charge in [-0.05, 0) is 62.1 Å². The third-order valence-corrected chi connectivity index (χ3v) is 7.83. The number of carbonyl (C=O) groups excluding carboxylic acids is 2.